The van der Waals surface area contributed by atoms with E-state index in [4.69, 9.17) is 10.2 Å². The van der Waals surface area contributed by atoms with E-state index in [1.165, 1.54) is 32.4 Å². The van der Waals surface area contributed by atoms with E-state index in [2.05, 4.69) is 9.88 Å². The minimum Gasteiger partial charge on any atom is -0.446 e. The van der Waals surface area contributed by atoms with Crippen molar-refractivity contribution in [2.24, 2.45) is 5.73 Å². The van der Waals surface area contributed by atoms with Crippen LogP contribution in [0.15, 0.2) is 10.6 Å². The Kier molecular flexibility index (Phi) is 4.57. The highest BCUT2D eigenvalue weighted by Crippen LogP contribution is 2.11. The minimum atomic E-state index is 0.137. The predicted octanol–water partition coefficient (Wildman–Crippen LogP) is 1.59. The second kappa shape index (κ2) is 6.17. The number of hydrogen-bond acceptors (Lipinski definition) is 4. The molecular formula is C13H23N3O. The van der Waals surface area contributed by atoms with Crippen LogP contribution in [0, 0.1) is 0 Å². The third-order valence-electron chi connectivity index (χ3n) is 3.22. The second-order valence-corrected chi connectivity index (χ2v) is 5.05. The second-order valence-electron chi connectivity index (χ2n) is 5.05. The molecule has 2 heterocycles. The van der Waals surface area contributed by atoms with Gasteiger partial charge in [-0.25, -0.2) is 4.98 Å². The number of piperidine rings is 1. The molecule has 1 saturated heterocycles. The van der Waals surface area contributed by atoms with Crippen molar-refractivity contribution in [2.45, 2.75) is 45.1 Å². The molecule has 96 valence electrons. The summed E-state index contributed by atoms with van der Waals surface area (Å²) < 4.78 is 5.67. The number of nitrogens with two attached hydrogens (primary N) is 1. The third-order valence-corrected chi connectivity index (χ3v) is 3.22. The fourth-order valence-corrected chi connectivity index (χ4v) is 2.31. The van der Waals surface area contributed by atoms with Crippen LogP contribution in [0.25, 0.3) is 0 Å². The van der Waals surface area contributed by atoms with Crippen molar-refractivity contribution in [1.82, 2.24) is 9.88 Å². The van der Waals surface area contributed by atoms with Gasteiger partial charge in [-0.15, -0.1) is 0 Å². The van der Waals surface area contributed by atoms with Crippen LogP contribution in [-0.4, -0.2) is 35.6 Å². The fourth-order valence-electron chi connectivity index (χ4n) is 2.31. The maximum absolute atomic E-state index is 5.73. The van der Waals surface area contributed by atoms with Gasteiger partial charge in [0.1, 0.15) is 5.76 Å². The molecule has 1 atom stereocenters. The maximum Gasteiger partial charge on any atom is 0.195 e. The Bertz CT molecular complexity index is 329. The molecule has 4 heteroatoms. The molecule has 0 spiro atoms. The average Bonchev–Trinajstić information content (AvgIpc) is 2.75. The van der Waals surface area contributed by atoms with Crippen molar-refractivity contribution < 1.29 is 4.42 Å². The van der Waals surface area contributed by atoms with Gasteiger partial charge in [-0.2, -0.15) is 0 Å². The molecule has 0 saturated carbocycles. The summed E-state index contributed by atoms with van der Waals surface area (Å²) in [5.41, 5.74) is 5.73. The highest BCUT2D eigenvalue weighted by Gasteiger charge is 2.12. The van der Waals surface area contributed by atoms with Crippen molar-refractivity contribution >= 4 is 0 Å². The summed E-state index contributed by atoms with van der Waals surface area (Å²) in [6.07, 6.45) is 7.56. The van der Waals surface area contributed by atoms with E-state index in [0.717, 1.165) is 31.0 Å². The lowest BCUT2D eigenvalue weighted by Gasteiger charge is -2.25. The molecule has 0 bridgehead atoms. The molecule has 1 aromatic heterocycles. The van der Waals surface area contributed by atoms with Gasteiger partial charge in [0.15, 0.2) is 5.89 Å². The molecule has 1 fully saturated rings. The molecule has 17 heavy (non-hydrogen) atoms. The monoisotopic (exact) mass is 237 g/mol. The number of aromatic nitrogens is 1. The Morgan fingerprint density at radius 1 is 1.41 bits per heavy atom. The van der Waals surface area contributed by atoms with Crippen LogP contribution in [0.5, 0.6) is 0 Å². The highest BCUT2D eigenvalue weighted by molar-refractivity contribution is 4.96. The predicted molar refractivity (Wildman–Crippen MR) is 67.9 cm³/mol. The Morgan fingerprint density at radius 2 is 2.18 bits per heavy atom. The molecule has 1 aliphatic heterocycles. The van der Waals surface area contributed by atoms with Crippen molar-refractivity contribution in [3.8, 4) is 0 Å². The number of rotatable bonds is 5. The van der Waals surface area contributed by atoms with Crippen LogP contribution in [0.1, 0.15) is 37.8 Å². The first-order valence-electron chi connectivity index (χ1n) is 6.65. The summed E-state index contributed by atoms with van der Waals surface area (Å²) in [6, 6.07) is 0.137. The minimum absolute atomic E-state index is 0.137. The Labute approximate surface area is 103 Å². The lowest BCUT2D eigenvalue weighted by atomic mass is 10.1. The van der Waals surface area contributed by atoms with Crippen LogP contribution in [0.3, 0.4) is 0 Å². The van der Waals surface area contributed by atoms with Crippen molar-refractivity contribution in [3.63, 3.8) is 0 Å². The quantitative estimate of drug-likeness (QED) is 0.845. The third kappa shape index (κ3) is 4.13. The number of hydrogen-bond donors (Lipinski definition) is 1. The summed E-state index contributed by atoms with van der Waals surface area (Å²) >= 11 is 0. The Hall–Kier alpha value is -0.870. The van der Waals surface area contributed by atoms with Crippen LogP contribution in [0.2, 0.25) is 0 Å². The first-order valence-corrected chi connectivity index (χ1v) is 6.65. The summed E-state index contributed by atoms with van der Waals surface area (Å²) in [5.74, 6) is 1.76. The van der Waals surface area contributed by atoms with Crippen molar-refractivity contribution in [2.75, 3.05) is 19.6 Å². The SMILES string of the molecule is CC(N)Cc1cnc(CCN2CCCCC2)o1. The van der Waals surface area contributed by atoms with Gasteiger partial charge >= 0.3 is 0 Å². The first-order chi connectivity index (χ1) is 8.24. The van der Waals surface area contributed by atoms with Crippen molar-refractivity contribution in [1.29, 1.82) is 0 Å². The Morgan fingerprint density at radius 3 is 2.88 bits per heavy atom. The van der Waals surface area contributed by atoms with Crippen LogP contribution < -0.4 is 5.73 Å². The number of nitrogens with zero attached hydrogens (tertiary/aromatic N) is 2. The van der Waals surface area contributed by atoms with Gasteiger partial charge in [-0.05, 0) is 32.9 Å². The molecule has 1 unspecified atom stereocenters. The largest absolute Gasteiger partial charge is 0.446 e. The standard InChI is InChI=1S/C13H23N3O/c1-11(14)9-12-10-15-13(17-12)5-8-16-6-3-2-4-7-16/h10-11H,2-9,14H2,1H3. The van der Waals surface area contributed by atoms with Gasteiger partial charge in [-0.3, -0.25) is 0 Å². The summed E-state index contributed by atoms with van der Waals surface area (Å²) in [6.45, 7) is 5.51. The van der Waals surface area contributed by atoms with Crippen LogP contribution in [0.4, 0.5) is 0 Å². The van der Waals surface area contributed by atoms with Crippen molar-refractivity contribution in [3.05, 3.63) is 17.8 Å². The maximum atomic E-state index is 5.73. The summed E-state index contributed by atoms with van der Waals surface area (Å²) in [7, 11) is 0. The molecule has 1 aromatic rings. The molecule has 1 aliphatic rings. The zero-order chi connectivity index (χ0) is 12.1. The topological polar surface area (TPSA) is 55.3 Å². The Balaban J connectivity index is 1.76. The molecule has 2 N–H and O–H groups in total. The first kappa shape index (κ1) is 12.6. The van der Waals surface area contributed by atoms with E-state index in [1.807, 2.05) is 13.1 Å². The van der Waals surface area contributed by atoms with Gasteiger partial charge in [0.2, 0.25) is 0 Å². The molecule has 0 aliphatic carbocycles. The van der Waals surface area contributed by atoms with Gasteiger partial charge < -0.3 is 15.1 Å². The van der Waals surface area contributed by atoms with E-state index in [0.29, 0.717) is 0 Å². The van der Waals surface area contributed by atoms with Gasteiger partial charge in [0.05, 0.1) is 6.20 Å². The highest BCUT2D eigenvalue weighted by atomic mass is 16.4. The normalized spacial score (nSPS) is 19.4. The van der Waals surface area contributed by atoms with E-state index < -0.39 is 0 Å². The number of oxazole rings is 1. The molecular weight excluding hydrogens is 214 g/mol. The molecule has 0 amide bonds. The molecule has 4 nitrogen and oxygen atoms in total. The smallest absolute Gasteiger partial charge is 0.195 e. The van der Waals surface area contributed by atoms with Gasteiger partial charge in [0.25, 0.3) is 0 Å². The van der Waals surface area contributed by atoms with Crippen LogP contribution >= 0.6 is 0 Å². The van der Waals surface area contributed by atoms with Gasteiger partial charge in [0, 0.05) is 25.4 Å². The number of likely N-dealkylation sites (tertiary alicyclic amines) is 1. The summed E-state index contributed by atoms with van der Waals surface area (Å²) in [4.78, 5) is 6.80. The van der Waals surface area contributed by atoms with E-state index >= 15 is 0 Å². The fraction of sp³-hybridized carbons (Fsp3) is 0.769. The molecule has 0 aromatic carbocycles. The van der Waals surface area contributed by atoms with E-state index in [9.17, 15) is 0 Å². The average molecular weight is 237 g/mol. The lowest BCUT2D eigenvalue weighted by Crippen LogP contribution is -2.31. The van der Waals surface area contributed by atoms with Gasteiger partial charge in [-0.1, -0.05) is 6.42 Å². The zero-order valence-corrected chi connectivity index (χ0v) is 10.7. The molecule has 2 rings (SSSR count). The summed E-state index contributed by atoms with van der Waals surface area (Å²) in [5, 5.41) is 0. The zero-order valence-electron chi connectivity index (χ0n) is 10.7. The van der Waals surface area contributed by atoms with Crippen LogP contribution in [-0.2, 0) is 12.8 Å². The molecule has 0 radical (unpaired) electrons. The van der Waals surface area contributed by atoms with E-state index in [-0.39, 0.29) is 6.04 Å². The lowest BCUT2D eigenvalue weighted by molar-refractivity contribution is 0.225. The van der Waals surface area contributed by atoms with E-state index in [1.54, 1.807) is 0 Å².